The number of benzene rings is 1. The maximum absolute atomic E-state index is 11.7. The molecule has 110 valence electrons. The number of carboxylic acids is 1. The van der Waals surface area contributed by atoms with Crippen LogP contribution in [0.15, 0.2) is 29.1 Å². The number of carbonyl (C=O) groups is 1. The summed E-state index contributed by atoms with van der Waals surface area (Å²) in [5.41, 5.74) is -0.121. The van der Waals surface area contributed by atoms with Gasteiger partial charge in [0.15, 0.2) is 0 Å². The van der Waals surface area contributed by atoms with E-state index in [1.807, 2.05) is 0 Å². The summed E-state index contributed by atoms with van der Waals surface area (Å²) in [7, 11) is 4.41. The molecule has 0 spiro atoms. The fourth-order valence-electron chi connectivity index (χ4n) is 1.90. The first-order valence-corrected chi connectivity index (χ1v) is 6.02. The molecule has 0 fully saturated rings. The van der Waals surface area contributed by atoms with Gasteiger partial charge in [-0.15, -0.1) is 0 Å². The molecule has 0 radical (unpaired) electrons. The highest BCUT2D eigenvalue weighted by molar-refractivity contribution is 5.88. The van der Waals surface area contributed by atoms with Gasteiger partial charge in [-0.25, -0.2) is 9.48 Å². The summed E-state index contributed by atoms with van der Waals surface area (Å²) in [4.78, 5) is 22.8. The molecule has 1 heterocycles. The number of aromatic carboxylic acids is 1. The van der Waals surface area contributed by atoms with E-state index in [1.54, 1.807) is 18.2 Å². The van der Waals surface area contributed by atoms with E-state index >= 15 is 0 Å². The first-order chi connectivity index (χ1) is 9.97. The van der Waals surface area contributed by atoms with Gasteiger partial charge in [0, 0.05) is 18.7 Å². The van der Waals surface area contributed by atoms with E-state index in [-0.39, 0.29) is 5.56 Å². The smallest absolute Gasteiger partial charge is 0.341 e. The van der Waals surface area contributed by atoms with E-state index in [0.717, 1.165) is 4.68 Å². The van der Waals surface area contributed by atoms with Crippen LogP contribution in [0, 0.1) is 0 Å². The van der Waals surface area contributed by atoms with Crippen LogP contribution >= 0.6 is 0 Å². The monoisotopic (exact) mass is 290 g/mol. The van der Waals surface area contributed by atoms with E-state index in [2.05, 4.69) is 5.10 Å². The molecule has 1 aromatic carbocycles. The van der Waals surface area contributed by atoms with E-state index in [1.165, 1.54) is 27.3 Å². The molecule has 0 saturated carbocycles. The lowest BCUT2D eigenvalue weighted by Crippen LogP contribution is -2.26. The summed E-state index contributed by atoms with van der Waals surface area (Å²) in [5.74, 6) is -0.234. The van der Waals surface area contributed by atoms with Crippen LogP contribution in [-0.2, 0) is 7.05 Å². The number of rotatable bonds is 4. The molecule has 0 bridgehead atoms. The van der Waals surface area contributed by atoms with E-state index in [4.69, 9.17) is 14.6 Å². The Labute approximate surface area is 120 Å². The predicted molar refractivity (Wildman–Crippen MR) is 75.0 cm³/mol. The molecule has 0 aliphatic rings. The first kappa shape index (κ1) is 14.6. The second-order valence-corrected chi connectivity index (χ2v) is 4.24. The fourth-order valence-corrected chi connectivity index (χ4v) is 1.90. The highest BCUT2D eigenvalue weighted by atomic mass is 16.5. The maximum atomic E-state index is 11.7. The minimum atomic E-state index is -1.30. The molecular formula is C14H14N2O5. The largest absolute Gasteiger partial charge is 0.497 e. The van der Waals surface area contributed by atoms with Crippen molar-refractivity contribution >= 4 is 5.97 Å². The van der Waals surface area contributed by atoms with Crippen molar-refractivity contribution in [3.8, 4) is 22.8 Å². The lowest BCUT2D eigenvalue weighted by atomic mass is 10.1. The topological polar surface area (TPSA) is 90.7 Å². The highest BCUT2D eigenvalue weighted by Gasteiger charge is 2.16. The number of carboxylic acid groups (broad SMARTS) is 1. The number of aromatic nitrogens is 2. The van der Waals surface area contributed by atoms with Crippen molar-refractivity contribution in [3.63, 3.8) is 0 Å². The van der Waals surface area contributed by atoms with Crippen LogP contribution in [0.3, 0.4) is 0 Å². The van der Waals surface area contributed by atoms with E-state index in [9.17, 15) is 9.59 Å². The van der Waals surface area contributed by atoms with Gasteiger partial charge in [0.2, 0.25) is 0 Å². The third-order valence-electron chi connectivity index (χ3n) is 2.98. The molecular weight excluding hydrogens is 276 g/mol. The van der Waals surface area contributed by atoms with Crippen molar-refractivity contribution in [2.45, 2.75) is 0 Å². The summed E-state index contributed by atoms with van der Waals surface area (Å²) in [6.45, 7) is 0. The predicted octanol–water partition coefficient (Wildman–Crippen LogP) is 1.16. The second-order valence-electron chi connectivity index (χ2n) is 4.24. The van der Waals surface area contributed by atoms with E-state index < -0.39 is 11.5 Å². The Hall–Kier alpha value is -2.83. The molecule has 0 unspecified atom stereocenters. The average Bonchev–Trinajstić information content (AvgIpc) is 2.48. The maximum Gasteiger partial charge on any atom is 0.341 e. The summed E-state index contributed by atoms with van der Waals surface area (Å²) in [6.07, 6.45) is 0. The van der Waals surface area contributed by atoms with Gasteiger partial charge in [-0.2, -0.15) is 5.10 Å². The van der Waals surface area contributed by atoms with Crippen LogP contribution in [0.5, 0.6) is 11.5 Å². The van der Waals surface area contributed by atoms with Crippen molar-refractivity contribution in [1.82, 2.24) is 9.78 Å². The van der Waals surface area contributed by atoms with Gasteiger partial charge in [-0.05, 0) is 18.2 Å². The molecule has 21 heavy (non-hydrogen) atoms. The van der Waals surface area contributed by atoms with Crippen LogP contribution in [0.25, 0.3) is 11.3 Å². The molecule has 2 aromatic rings. The Kier molecular flexibility index (Phi) is 3.93. The van der Waals surface area contributed by atoms with Crippen molar-refractivity contribution in [1.29, 1.82) is 0 Å². The van der Waals surface area contributed by atoms with Gasteiger partial charge in [-0.1, -0.05) is 0 Å². The van der Waals surface area contributed by atoms with Crippen LogP contribution in [0.1, 0.15) is 10.4 Å². The van der Waals surface area contributed by atoms with Gasteiger partial charge in [-0.3, -0.25) is 4.79 Å². The summed E-state index contributed by atoms with van der Waals surface area (Å²) >= 11 is 0. The summed E-state index contributed by atoms with van der Waals surface area (Å²) in [5, 5.41) is 13.1. The van der Waals surface area contributed by atoms with Crippen molar-refractivity contribution < 1.29 is 19.4 Å². The molecule has 0 saturated heterocycles. The number of aryl methyl sites for hydroxylation is 1. The number of nitrogens with zero attached hydrogens (tertiary/aromatic N) is 2. The Bertz CT molecular complexity index is 752. The Balaban J connectivity index is 2.67. The zero-order valence-electron chi connectivity index (χ0n) is 11.8. The minimum Gasteiger partial charge on any atom is -0.497 e. The molecule has 1 aromatic heterocycles. The summed E-state index contributed by atoms with van der Waals surface area (Å²) in [6, 6.07) is 6.28. The van der Waals surface area contributed by atoms with Crippen LogP contribution in [0.2, 0.25) is 0 Å². The SMILES string of the molecule is COc1ccc(-c2cc(C(=O)O)c(=O)n(C)n2)c(OC)c1. The second kappa shape index (κ2) is 5.66. The van der Waals surface area contributed by atoms with Crippen LogP contribution in [0.4, 0.5) is 0 Å². The zero-order chi connectivity index (χ0) is 15.6. The molecule has 1 N–H and O–H groups in total. The molecule has 0 amide bonds. The molecule has 7 heteroatoms. The molecule has 2 rings (SSSR count). The van der Waals surface area contributed by atoms with Crippen molar-refractivity contribution in [3.05, 3.63) is 40.2 Å². The summed E-state index contributed by atoms with van der Waals surface area (Å²) < 4.78 is 11.3. The number of hydrogen-bond donors (Lipinski definition) is 1. The number of hydrogen-bond acceptors (Lipinski definition) is 5. The van der Waals surface area contributed by atoms with Crippen LogP contribution in [-0.4, -0.2) is 35.1 Å². The van der Waals surface area contributed by atoms with Crippen molar-refractivity contribution in [2.75, 3.05) is 14.2 Å². The molecule has 0 aliphatic heterocycles. The molecule has 0 aliphatic carbocycles. The van der Waals surface area contributed by atoms with Gasteiger partial charge in [0.1, 0.15) is 17.1 Å². The Morgan fingerprint density at radius 3 is 2.52 bits per heavy atom. The van der Waals surface area contributed by atoms with E-state index in [0.29, 0.717) is 22.8 Å². The average molecular weight is 290 g/mol. The minimum absolute atomic E-state index is 0.328. The van der Waals surface area contributed by atoms with Gasteiger partial charge >= 0.3 is 5.97 Å². The fraction of sp³-hybridized carbons (Fsp3) is 0.214. The third kappa shape index (κ3) is 2.71. The molecule has 7 nitrogen and oxygen atoms in total. The number of ether oxygens (including phenoxy) is 2. The molecule has 0 atom stereocenters. The first-order valence-electron chi connectivity index (χ1n) is 6.02. The number of methoxy groups -OCH3 is 2. The lowest BCUT2D eigenvalue weighted by Gasteiger charge is -2.11. The van der Waals surface area contributed by atoms with Gasteiger partial charge < -0.3 is 14.6 Å². The van der Waals surface area contributed by atoms with Crippen LogP contribution < -0.4 is 15.0 Å². The Morgan fingerprint density at radius 2 is 1.95 bits per heavy atom. The zero-order valence-corrected chi connectivity index (χ0v) is 11.8. The quantitative estimate of drug-likeness (QED) is 0.908. The normalized spacial score (nSPS) is 10.2. The third-order valence-corrected chi connectivity index (χ3v) is 2.98. The van der Waals surface area contributed by atoms with Gasteiger partial charge in [0.25, 0.3) is 5.56 Å². The highest BCUT2D eigenvalue weighted by Crippen LogP contribution is 2.31. The van der Waals surface area contributed by atoms with Crippen molar-refractivity contribution in [2.24, 2.45) is 7.05 Å². The lowest BCUT2D eigenvalue weighted by molar-refractivity contribution is 0.0694. The van der Waals surface area contributed by atoms with Gasteiger partial charge in [0.05, 0.1) is 19.9 Å². The standard InChI is InChI=1S/C14H14N2O5/c1-16-13(17)10(14(18)19)7-11(15-16)9-5-4-8(20-2)6-12(9)21-3/h4-7H,1-3H3,(H,18,19). The Morgan fingerprint density at radius 1 is 1.24 bits per heavy atom.